The number of fused-ring (bicyclic) bond motifs is 3. The minimum Gasteiger partial charge on any atom is -0.388 e. The van der Waals surface area contributed by atoms with Gasteiger partial charge in [-0.3, -0.25) is 4.98 Å². The summed E-state index contributed by atoms with van der Waals surface area (Å²) in [4.78, 5) is 6.47. The van der Waals surface area contributed by atoms with Crippen molar-refractivity contribution in [2.45, 2.75) is 38.3 Å². The summed E-state index contributed by atoms with van der Waals surface area (Å²) in [7, 11) is 4.37. The molecule has 0 saturated heterocycles. The van der Waals surface area contributed by atoms with Crippen molar-refractivity contribution in [3.8, 4) is 0 Å². The van der Waals surface area contributed by atoms with Crippen molar-refractivity contribution in [2.75, 3.05) is 13.6 Å². The highest BCUT2D eigenvalue weighted by Crippen LogP contribution is 2.39. The molecular weight excluding hydrogens is 322 g/mol. The quantitative estimate of drug-likeness (QED) is 0.779. The van der Waals surface area contributed by atoms with Crippen LogP contribution in [0.1, 0.15) is 47.2 Å². The fourth-order valence-electron chi connectivity index (χ4n) is 4.42. The van der Waals surface area contributed by atoms with E-state index in [2.05, 4.69) is 53.7 Å². The number of aliphatic hydroxyl groups excluding tert-OH is 1. The van der Waals surface area contributed by atoms with Crippen molar-refractivity contribution in [3.05, 3.63) is 65.1 Å². The molecule has 4 heteroatoms. The Kier molecular flexibility index (Phi) is 4.55. The monoisotopic (exact) mass is 349 g/mol. The van der Waals surface area contributed by atoms with Crippen molar-refractivity contribution < 1.29 is 5.11 Å². The number of aryl methyl sites for hydroxylation is 2. The molecule has 0 spiro atoms. The van der Waals surface area contributed by atoms with Crippen LogP contribution in [0.15, 0.2) is 42.7 Å². The highest BCUT2D eigenvalue weighted by Gasteiger charge is 2.28. The average molecular weight is 349 g/mol. The van der Waals surface area contributed by atoms with Crippen LogP contribution in [-0.4, -0.2) is 33.1 Å². The van der Waals surface area contributed by atoms with Crippen LogP contribution in [0.25, 0.3) is 10.9 Å². The topological polar surface area (TPSA) is 41.3 Å². The Bertz CT molecular complexity index is 916. The molecule has 136 valence electrons. The molecule has 2 unspecified atom stereocenters. The first-order valence-electron chi connectivity index (χ1n) is 9.39. The van der Waals surface area contributed by atoms with Gasteiger partial charge in [-0.2, -0.15) is 0 Å². The van der Waals surface area contributed by atoms with Crippen LogP contribution in [0.2, 0.25) is 0 Å². The van der Waals surface area contributed by atoms with Crippen LogP contribution >= 0.6 is 0 Å². The molecule has 1 N–H and O–H groups in total. The predicted octanol–water partition coefficient (Wildman–Crippen LogP) is 3.92. The van der Waals surface area contributed by atoms with Crippen LogP contribution < -0.4 is 0 Å². The Hall–Kier alpha value is -2.17. The van der Waals surface area contributed by atoms with E-state index in [0.29, 0.717) is 5.92 Å². The van der Waals surface area contributed by atoms with Gasteiger partial charge in [0.2, 0.25) is 0 Å². The smallest absolute Gasteiger partial charge is 0.0797 e. The maximum absolute atomic E-state index is 10.8. The molecule has 26 heavy (non-hydrogen) atoms. The highest BCUT2D eigenvalue weighted by atomic mass is 16.3. The summed E-state index contributed by atoms with van der Waals surface area (Å²) in [6.45, 7) is 4.18. The van der Waals surface area contributed by atoms with Gasteiger partial charge in [0.15, 0.2) is 0 Å². The molecule has 4 rings (SSSR count). The fraction of sp³-hybridized carbons (Fsp3) is 0.409. The fourth-order valence-corrected chi connectivity index (χ4v) is 4.42. The molecule has 3 heterocycles. The molecule has 0 bridgehead atoms. The van der Waals surface area contributed by atoms with Gasteiger partial charge in [-0.25, -0.2) is 0 Å². The summed E-state index contributed by atoms with van der Waals surface area (Å²) >= 11 is 0. The predicted molar refractivity (Wildman–Crippen MR) is 105 cm³/mol. The first kappa shape index (κ1) is 17.3. The SMILES string of the molecule is Cc1ccc2c(c1)c1c(n2C)C(CC(O)c2ccncc2)CCN(C)C1. The molecule has 1 aliphatic heterocycles. The standard InChI is InChI=1S/C22H27N3O/c1-15-4-5-20-18(12-15)19-14-24(2)11-8-17(22(19)25(20)3)13-21(26)16-6-9-23-10-7-16/h4-7,9-10,12,17,21,26H,8,11,13-14H2,1-3H3. The lowest BCUT2D eigenvalue weighted by Gasteiger charge is -2.21. The number of nitrogens with zero attached hydrogens (tertiary/aromatic N) is 3. The maximum Gasteiger partial charge on any atom is 0.0797 e. The summed E-state index contributed by atoms with van der Waals surface area (Å²) in [5.74, 6) is 0.343. The van der Waals surface area contributed by atoms with Crippen molar-refractivity contribution in [2.24, 2.45) is 7.05 Å². The second-order valence-corrected chi connectivity index (χ2v) is 7.70. The lowest BCUT2D eigenvalue weighted by Crippen LogP contribution is -2.18. The van der Waals surface area contributed by atoms with Crippen LogP contribution in [-0.2, 0) is 13.6 Å². The third-order valence-electron chi connectivity index (χ3n) is 5.78. The average Bonchev–Trinajstić information content (AvgIpc) is 2.79. The molecule has 2 atom stereocenters. The van der Waals surface area contributed by atoms with Gasteiger partial charge in [0.25, 0.3) is 0 Å². The van der Waals surface area contributed by atoms with Gasteiger partial charge in [0.1, 0.15) is 0 Å². The van der Waals surface area contributed by atoms with Gasteiger partial charge in [0, 0.05) is 48.5 Å². The molecule has 0 fully saturated rings. The Balaban J connectivity index is 1.77. The van der Waals surface area contributed by atoms with Crippen LogP contribution in [0, 0.1) is 6.92 Å². The zero-order valence-electron chi connectivity index (χ0n) is 15.8. The van der Waals surface area contributed by atoms with E-state index in [9.17, 15) is 5.11 Å². The Labute approximate surface area is 155 Å². The molecule has 0 amide bonds. The second-order valence-electron chi connectivity index (χ2n) is 7.70. The largest absolute Gasteiger partial charge is 0.388 e. The van der Waals surface area contributed by atoms with Gasteiger partial charge in [0.05, 0.1) is 6.10 Å². The number of hydrogen-bond donors (Lipinski definition) is 1. The Morgan fingerprint density at radius 2 is 1.96 bits per heavy atom. The molecule has 1 aromatic carbocycles. The zero-order valence-corrected chi connectivity index (χ0v) is 15.8. The minimum absolute atomic E-state index is 0.343. The maximum atomic E-state index is 10.8. The number of pyridine rings is 1. The molecule has 0 radical (unpaired) electrons. The molecule has 2 aromatic heterocycles. The van der Waals surface area contributed by atoms with Crippen molar-refractivity contribution in [1.29, 1.82) is 0 Å². The van der Waals surface area contributed by atoms with Crippen molar-refractivity contribution in [3.63, 3.8) is 0 Å². The van der Waals surface area contributed by atoms with Gasteiger partial charge in [-0.05, 0) is 68.8 Å². The zero-order chi connectivity index (χ0) is 18.3. The molecule has 0 saturated carbocycles. The normalized spacial score (nSPS) is 19.3. The summed E-state index contributed by atoms with van der Waals surface area (Å²) in [5, 5.41) is 12.2. The minimum atomic E-state index is -0.459. The highest BCUT2D eigenvalue weighted by molar-refractivity contribution is 5.86. The summed E-state index contributed by atoms with van der Waals surface area (Å²) in [5.41, 5.74) is 6.36. The lowest BCUT2D eigenvalue weighted by molar-refractivity contribution is 0.153. The number of aliphatic hydroxyl groups is 1. The number of hydrogen-bond acceptors (Lipinski definition) is 3. The van der Waals surface area contributed by atoms with E-state index in [1.807, 2.05) is 12.1 Å². The van der Waals surface area contributed by atoms with Crippen LogP contribution in [0.5, 0.6) is 0 Å². The molecule has 4 nitrogen and oxygen atoms in total. The van der Waals surface area contributed by atoms with Crippen LogP contribution in [0.3, 0.4) is 0 Å². The van der Waals surface area contributed by atoms with Crippen LogP contribution in [0.4, 0.5) is 0 Å². The van der Waals surface area contributed by atoms with E-state index < -0.39 is 6.10 Å². The van der Waals surface area contributed by atoms with E-state index in [1.54, 1.807) is 12.4 Å². The summed E-state index contributed by atoms with van der Waals surface area (Å²) < 4.78 is 2.35. The van der Waals surface area contributed by atoms with Gasteiger partial charge < -0.3 is 14.6 Å². The van der Waals surface area contributed by atoms with Gasteiger partial charge in [-0.15, -0.1) is 0 Å². The van der Waals surface area contributed by atoms with Crippen molar-refractivity contribution >= 4 is 10.9 Å². The van der Waals surface area contributed by atoms with Gasteiger partial charge in [-0.1, -0.05) is 11.6 Å². The van der Waals surface area contributed by atoms with Gasteiger partial charge >= 0.3 is 0 Å². The Morgan fingerprint density at radius 1 is 1.19 bits per heavy atom. The first-order chi connectivity index (χ1) is 12.5. The summed E-state index contributed by atoms with van der Waals surface area (Å²) in [6, 6.07) is 10.6. The lowest BCUT2D eigenvalue weighted by atomic mass is 9.90. The number of rotatable bonds is 3. The number of benzene rings is 1. The second kappa shape index (κ2) is 6.86. The summed E-state index contributed by atoms with van der Waals surface area (Å²) in [6.07, 6.45) is 4.86. The number of aromatic nitrogens is 2. The molecule has 1 aliphatic rings. The molecular formula is C22H27N3O. The van der Waals surface area contributed by atoms with E-state index >= 15 is 0 Å². The van der Waals surface area contributed by atoms with E-state index in [4.69, 9.17) is 0 Å². The van der Waals surface area contributed by atoms with E-state index in [1.165, 1.54) is 27.7 Å². The molecule has 3 aromatic rings. The third kappa shape index (κ3) is 3.04. The van der Waals surface area contributed by atoms with Crippen molar-refractivity contribution in [1.82, 2.24) is 14.5 Å². The Morgan fingerprint density at radius 3 is 2.73 bits per heavy atom. The van der Waals surface area contributed by atoms with E-state index in [0.717, 1.165) is 31.5 Å². The van der Waals surface area contributed by atoms with E-state index in [-0.39, 0.29) is 0 Å². The first-order valence-corrected chi connectivity index (χ1v) is 9.39. The third-order valence-corrected chi connectivity index (χ3v) is 5.78. The molecule has 0 aliphatic carbocycles.